The predicted molar refractivity (Wildman–Crippen MR) is 68.3 cm³/mol. The van der Waals surface area contributed by atoms with Gasteiger partial charge in [0, 0.05) is 10.6 Å². The van der Waals surface area contributed by atoms with Crippen LogP contribution < -0.4 is 5.32 Å². The van der Waals surface area contributed by atoms with Gasteiger partial charge in [-0.2, -0.15) is 0 Å². The van der Waals surface area contributed by atoms with Crippen molar-refractivity contribution < 1.29 is 4.79 Å². The second-order valence-electron chi connectivity index (χ2n) is 4.30. The third-order valence-electron chi connectivity index (χ3n) is 2.52. The number of carbonyl (C=O) groups excluding carboxylic acids is 1. The Morgan fingerprint density at radius 2 is 2.06 bits per heavy atom. The molecule has 1 amide bonds. The molecule has 1 N–H and O–H groups in total. The largest absolute Gasteiger partial charge is 0.346 e. The van der Waals surface area contributed by atoms with E-state index in [-0.39, 0.29) is 11.3 Å². The SMILES string of the molecule is CC(Cl)C(C)(C)NC(=O)c1cccc(Cl)c1. The van der Waals surface area contributed by atoms with Crippen LogP contribution in [0.1, 0.15) is 31.1 Å². The number of rotatable bonds is 3. The van der Waals surface area contributed by atoms with E-state index in [2.05, 4.69) is 5.32 Å². The number of alkyl halides is 1. The zero-order valence-electron chi connectivity index (χ0n) is 9.55. The molecule has 0 aromatic heterocycles. The number of hydrogen-bond donors (Lipinski definition) is 1. The van der Waals surface area contributed by atoms with Gasteiger partial charge in [-0.1, -0.05) is 17.7 Å². The van der Waals surface area contributed by atoms with E-state index in [1.165, 1.54) is 0 Å². The van der Waals surface area contributed by atoms with Crippen molar-refractivity contribution in [3.8, 4) is 0 Å². The Morgan fingerprint density at radius 3 is 2.56 bits per heavy atom. The summed E-state index contributed by atoms with van der Waals surface area (Å²) in [6.07, 6.45) is 0. The fourth-order valence-corrected chi connectivity index (χ4v) is 1.34. The summed E-state index contributed by atoms with van der Waals surface area (Å²) in [4.78, 5) is 11.9. The van der Waals surface area contributed by atoms with Gasteiger partial charge in [-0.25, -0.2) is 0 Å². The molecule has 0 aliphatic carbocycles. The van der Waals surface area contributed by atoms with Gasteiger partial charge in [-0.15, -0.1) is 11.6 Å². The van der Waals surface area contributed by atoms with Crippen LogP contribution in [0.4, 0.5) is 0 Å². The fourth-order valence-electron chi connectivity index (χ4n) is 1.09. The molecular weight excluding hydrogens is 245 g/mol. The van der Waals surface area contributed by atoms with Crippen molar-refractivity contribution in [1.82, 2.24) is 5.32 Å². The summed E-state index contributed by atoms with van der Waals surface area (Å²) in [5.74, 6) is -0.167. The first-order chi connectivity index (χ1) is 7.33. The first kappa shape index (κ1) is 13.3. The Balaban J connectivity index is 2.81. The maximum atomic E-state index is 11.9. The van der Waals surface area contributed by atoms with Crippen molar-refractivity contribution in [3.05, 3.63) is 34.9 Å². The summed E-state index contributed by atoms with van der Waals surface area (Å²) in [7, 11) is 0. The Morgan fingerprint density at radius 1 is 1.44 bits per heavy atom. The number of halogens is 2. The maximum Gasteiger partial charge on any atom is 0.251 e. The zero-order valence-corrected chi connectivity index (χ0v) is 11.1. The third-order valence-corrected chi connectivity index (χ3v) is 3.30. The van der Waals surface area contributed by atoms with Crippen LogP contribution in [0.2, 0.25) is 5.02 Å². The average Bonchev–Trinajstić information content (AvgIpc) is 2.16. The predicted octanol–water partition coefficient (Wildman–Crippen LogP) is 3.48. The van der Waals surface area contributed by atoms with Gasteiger partial charge >= 0.3 is 0 Å². The quantitative estimate of drug-likeness (QED) is 0.828. The van der Waals surface area contributed by atoms with Crippen LogP contribution in [0.3, 0.4) is 0 Å². The molecule has 2 nitrogen and oxygen atoms in total. The van der Waals surface area contributed by atoms with Crippen LogP contribution in [-0.2, 0) is 0 Å². The van der Waals surface area contributed by atoms with Crippen LogP contribution in [-0.4, -0.2) is 16.8 Å². The number of amides is 1. The van der Waals surface area contributed by atoms with E-state index >= 15 is 0 Å². The van der Waals surface area contributed by atoms with E-state index < -0.39 is 5.54 Å². The van der Waals surface area contributed by atoms with Crippen molar-refractivity contribution in [2.24, 2.45) is 0 Å². The lowest BCUT2D eigenvalue weighted by atomic mass is 10.0. The van der Waals surface area contributed by atoms with Crippen LogP contribution in [0.15, 0.2) is 24.3 Å². The van der Waals surface area contributed by atoms with Gasteiger partial charge in [0.15, 0.2) is 0 Å². The average molecular weight is 260 g/mol. The lowest BCUT2D eigenvalue weighted by Crippen LogP contribution is -2.49. The second-order valence-corrected chi connectivity index (χ2v) is 5.39. The molecule has 0 fully saturated rings. The Bertz CT molecular complexity index is 388. The van der Waals surface area contributed by atoms with E-state index in [4.69, 9.17) is 23.2 Å². The highest BCUT2D eigenvalue weighted by Gasteiger charge is 2.26. The molecule has 1 aromatic rings. The van der Waals surface area contributed by atoms with Crippen molar-refractivity contribution in [3.63, 3.8) is 0 Å². The first-order valence-electron chi connectivity index (χ1n) is 5.05. The van der Waals surface area contributed by atoms with Crippen molar-refractivity contribution in [2.45, 2.75) is 31.7 Å². The maximum absolute atomic E-state index is 11.9. The smallest absolute Gasteiger partial charge is 0.251 e. The monoisotopic (exact) mass is 259 g/mol. The second kappa shape index (κ2) is 5.07. The third kappa shape index (κ3) is 3.39. The highest BCUT2D eigenvalue weighted by molar-refractivity contribution is 6.31. The number of benzene rings is 1. The van der Waals surface area contributed by atoms with Gasteiger partial charge in [0.1, 0.15) is 0 Å². The van der Waals surface area contributed by atoms with Crippen molar-refractivity contribution in [1.29, 1.82) is 0 Å². The summed E-state index contributed by atoms with van der Waals surface area (Å²) in [6.45, 7) is 5.61. The normalized spacial score (nSPS) is 13.3. The minimum absolute atomic E-state index is 0.157. The van der Waals surface area contributed by atoms with Crippen LogP contribution in [0.25, 0.3) is 0 Å². The summed E-state index contributed by atoms with van der Waals surface area (Å²) in [6, 6.07) is 6.82. The van der Waals surface area contributed by atoms with Gasteiger partial charge < -0.3 is 5.32 Å². The number of carbonyl (C=O) groups is 1. The molecule has 1 rings (SSSR count). The minimum Gasteiger partial charge on any atom is -0.346 e. The molecular formula is C12H15Cl2NO. The molecule has 1 aromatic carbocycles. The lowest BCUT2D eigenvalue weighted by molar-refractivity contribution is 0.0912. The van der Waals surface area contributed by atoms with E-state index in [0.29, 0.717) is 10.6 Å². The number of hydrogen-bond acceptors (Lipinski definition) is 1. The molecule has 1 unspecified atom stereocenters. The Hall–Kier alpha value is -0.730. The van der Waals surface area contributed by atoms with E-state index in [1.54, 1.807) is 24.3 Å². The summed E-state index contributed by atoms with van der Waals surface area (Å²) >= 11 is 11.8. The van der Waals surface area contributed by atoms with Gasteiger partial charge in [-0.05, 0) is 39.0 Å². The summed E-state index contributed by atoms with van der Waals surface area (Å²) in [5.41, 5.74) is 0.0823. The van der Waals surface area contributed by atoms with Gasteiger partial charge in [0.2, 0.25) is 0 Å². The van der Waals surface area contributed by atoms with Crippen LogP contribution in [0, 0.1) is 0 Å². The Labute approximate surface area is 106 Å². The Kier molecular flexibility index (Phi) is 4.22. The standard InChI is InChI=1S/C12H15Cl2NO/c1-8(13)12(2,3)15-11(16)9-5-4-6-10(14)7-9/h4-8H,1-3H3,(H,15,16). The summed E-state index contributed by atoms with van der Waals surface area (Å²) < 4.78 is 0. The van der Waals surface area contributed by atoms with E-state index in [1.807, 2.05) is 20.8 Å². The molecule has 1 atom stereocenters. The highest BCUT2D eigenvalue weighted by Crippen LogP contribution is 2.16. The highest BCUT2D eigenvalue weighted by atomic mass is 35.5. The van der Waals surface area contributed by atoms with Crippen LogP contribution >= 0.6 is 23.2 Å². The molecule has 0 saturated heterocycles. The molecule has 0 heterocycles. The van der Waals surface area contributed by atoms with E-state index in [0.717, 1.165) is 0 Å². The number of nitrogens with one attached hydrogen (secondary N) is 1. The molecule has 0 bridgehead atoms. The zero-order chi connectivity index (χ0) is 12.3. The van der Waals surface area contributed by atoms with Crippen LogP contribution in [0.5, 0.6) is 0 Å². The molecule has 0 aliphatic rings. The van der Waals surface area contributed by atoms with Gasteiger partial charge in [0.05, 0.1) is 10.9 Å². The molecule has 16 heavy (non-hydrogen) atoms. The molecule has 0 aliphatic heterocycles. The first-order valence-corrected chi connectivity index (χ1v) is 5.86. The van der Waals surface area contributed by atoms with E-state index in [9.17, 15) is 4.79 Å². The molecule has 0 spiro atoms. The topological polar surface area (TPSA) is 29.1 Å². The summed E-state index contributed by atoms with van der Waals surface area (Å²) in [5, 5.41) is 3.26. The van der Waals surface area contributed by atoms with Crippen molar-refractivity contribution in [2.75, 3.05) is 0 Å². The van der Waals surface area contributed by atoms with Crippen molar-refractivity contribution >= 4 is 29.1 Å². The molecule has 0 radical (unpaired) electrons. The molecule has 88 valence electrons. The van der Waals surface area contributed by atoms with Gasteiger partial charge in [0.25, 0.3) is 5.91 Å². The fraction of sp³-hybridized carbons (Fsp3) is 0.417. The lowest BCUT2D eigenvalue weighted by Gasteiger charge is -2.28. The molecule has 4 heteroatoms. The van der Waals surface area contributed by atoms with Gasteiger partial charge in [-0.3, -0.25) is 4.79 Å². The molecule has 0 saturated carbocycles. The minimum atomic E-state index is -0.457.